The molecule has 0 unspecified atom stereocenters. The van der Waals surface area contributed by atoms with E-state index in [1.807, 2.05) is 37.2 Å². The molecule has 1 aliphatic carbocycles. The van der Waals surface area contributed by atoms with Crippen molar-refractivity contribution < 1.29 is 14.0 Å². The smallest absolute Gasteiger partial charge is 0.252 e. The fraction of sp³-hybridized carbons (Fsp3) is 0.400. The van der Waals surface area contributed by atoms with Gasteiger partial charge in [-0.25, -0.2) is 4.39 Å². The number of likely N-dealkylation sites (N-methyl/N-ethyl adjacent to an activating group) is 1. The Bertz CT molecular complexity index is 822. The van der Waals surface area contributed by atoms with Crippen molar-refractivity contribution in [2.75, 3.05) is 20.6 Å². The summed E-state index contributed by atoms with van der Waals surface area (Å²) >= 11 is 0. The molecular weight excluding hydrogens is 333 g/mol. The van der Waals surface area contributed by atoms with Crippen molar-refractivity contribution in [1.82, 2.24) is 15.5 Å². The van der Waals surface area contributed by atoms with E-state index in [1.54, 1.807) is 6.07 Å². The lowest BCUT2D eigenvalue weighted by molar-refractivity contribution is -0.122. The Kier molecular flexibility index (Phi) is 5.52. The van der Waals surface area contributed by atoms with Crippen LogP contribution in [0.3, 0.4) is 0 Å². The van der Waals surface area contributed by atoms with E-state index in [-0.39, 0.29) is 23.9 Å². The summed E-state index contributed by atoms with van der Waals surface area (Å²) in [6.07, 6.45) is 2.32. The Morgan fingerprint density at radius 2 is 1.81 bits per heavy atom. The molecule has 0 radical (unpaired) electrons. The van der Waals surface area contributed by atoms with Gasteiger partial charge in [0, 0.05) is 12.1 Å². The van der Waals surface area contributed by atoms with Gasteiger partial charge in [0.25, 0.3) is 5.91 Å². The molecule has 1 saturated carbocycles. The summed E-state index contributed by atoms with van der Waals surface area (Å²) in [5.41, 5.74) is 0.348. The van der Waals surface area contributed by atoms with Crippen molar-refractivity contribution in [2.45, 2.75) is 31.3 Å². The third kappa shape index (κ3) is 4.38. The fourth-order valence-electron chi connectivity index (χ4n) is 3.53. The van der Waals surface area contributed by atoms with Gasteiger partial charge in [-0.1, -0.05) is 24.3 Å². The van der Waals surface area contributed by atoms with E-state index in [9.17, 15) is 14.0 Å². The molecule has 0 aromatic heterocycles. The molecule has 2 amide bonds. The van der Waals surface area contributed by atoms with Crippen molar-refractivity contribution in [3.63, 3.8) is 0 Å². The van der Waals surface area contributed by atoms with Crippen LogP contribution in [-0.2, 0) is 4.79 Å². The first-order valence-corrected chi connectivity index (χ1v) is 8.85. The predicted octanol–water partition coefficient (Wildman–Crippen LogP) is 2.31. The second-order valence-electron chi connectivity index (χ2n) is 7.16. The first-order chi connectivity index (χ1) is 12.4. The monoisotopic (exact) mass is 357 g/mol. The van der Waals surface area contributed by atoms with Crippen LogP contribution in [0.1, 0.15) is 29.6 Å². The molecule has 1 aliphatic rings. The quantitative estimate of drug-likeness (QED) is 0.863. The minimum Gasteiger partial charge on any atom is -0.352 e. The maximum absolute atomic E-state index is 13.8. The summed E-state index contributed by atoms with van der Waals surface area (Å²) in [4.78, 5) is 26.3. The number of carbonyl (C=O) groups excluding carboxylic acids is 2. The van der Waals surface area contributed by atoms with Crippen LogP contribution in [0.4, 0.5) is 4.39 Å². The van der Waals surface area contributed by atoms with Gasteiger partial charge in [0.1, 0.15) is 5.82 Å². The lowest BCUT2D eigenvalue weighted by atomic mass is 10.0. The number of benzene rings is 2. The molecular formula is C20H24FN3O2. The van der Waals surface area contributed by atoms with E-state index in [2.05, 4.69) is 10.6 Å². The summed E-state index contributed by atoms with van der Waals surface area (Å²) in [5, 5.41) is 7.43. The Labute approximate surface area is 152 Å². The van der Waals surface area contributed by atoms with E-state index in [0.29, 0.717) is 23.9 Å². The van der Waals surface area contributed by atoms with Crippen LogP contribution >= 0.6 is 0 Å². The number of nitrogens with one attached hydrogen (secondary N) is 2. The second-order valence-corrected chi connectivity index (χ2v) is 7.16. The van der Waals surface area contributed by atoms with Gasteiger partial charge in [0.15, 0.2) is 0 Å². The van der Waals surface area contributed by atoms with Gasteiger partial charge in [-0.2, -0.15) is 0 Å². The van der Waals surface area contributed by atoms with Gasteiger partial charge in [-0.05, 0) is 56.3 Å². The van der Waals surface area contributed by atoms with Crippen LogP contribution in [0, 0.1) is 5.82 Å². The minimum absolute atomic E-state index is 0.0110. The topological polar surface area (TPSA) is 61.4 Å². The van der Waals surface area contributed by atoms with Gasteiger partial charge in [-0.3, -0.25) is 9.59 Å². The van der Waals surface area contributed by atoms with E-state index in [4.69, 9.17) is 0 Å². The van der Waals surface area contributed by atoms with Crippen molar-refractivity contribution in [3.05, 3.63) is 47.8 Å². The molecule has 2 aromatic carbocycles. The molecule has 0 spiro atoms. The second kappa shape index (κ2) is 7.83. The molecule has 0 aliphatic heterocycles. The number of carbonyl (C=O) groups is 2. The van der Waals surface area contributed by atoms with E-state index in [1.165, 1.54) is 12.1 Å². The number of nitrogens with zero attached hydrogens (tertiary/aromatic N) is 1. The number of halogens is 1. The summed E-state index contributed by atoms with van der Waals surface area (Å²) < 4.78 is 13.8. The average molecular weight is 357 g/mol. The molecule has 0 saturated heterocycles. The highest BCUT2D eigenvalue weighted by atomic mass is 19.1. The predicted molar refractivity (Wildman–Crippen MR) is 99.5 cm³/mol. The normalized spacial score (nSPS) is 19.7. The Balaban J connectivity index is 1.64. The molecule has 0 bridgehead atoms. The molecule has 6 heteroatoms. The summed E-state index contributed by atoms with van der Waals surface area (Å²) in [5.74, 6) is -0.705. The zero-order valence-corrected chi connectivity index (χ0v) is 15.1. The Morgan fingerprint density at radius 3 is 2.54 bits per heavy atom. The molecule has 3 rings (SSSR count). The van der Waals surface area contributed by atoms with E-state index in [0.717, 1.165) is 18.2 Å². The number of hydrogen-bond donors (Lipinski definition) is 2. The van der Waals surface area contributed by atoms with E-state index < -0.39 is 5.82 Å². The molecule has 0 heterocycles. The zero-order chi connectivity index (χ0) is 18.7. The van der Waals surface area contributed by atoms with Crippen molar-refractivity contribution in [1.29, 1.82) is 0 Å². The van der Waals surface area contributed by atoms with Gasteiger partial charge in [-0.15, -0.1) is 0 Å². The molecule has 5 nitrogen and oxygen atoms in total. The molecule has 1 fully saturated rings. The van der Waals surface area contributed by atoms with Crippen LogP contribution in [0.2, 0.25) is 0 Å². The number of fused-ring (bicyclic) bond motifs is 1. The maximum atomic E-state index is 13.8. The SMILES string of the molecule is CN(C)CC(=O)N[C@@H]1CC[C@H](NC(=O)c2cc(F)cc3ccccc23)C1. The molecule has 2 aromatic rings. The average Bonchev–Trinajstić information content (AvgIpc) is 2.99. The molecule has 26 heavy (non-hydrogen) atoms. The number of amides is 2. The van der Waals surface area contributed by atoms with Crippen LogP contribution in [0.25, 0.3) is 10.8 Å². The lowest BCUT2D eigenvalue weighted by Crippen LogP contribution is -2.40. The molecule has 2 atom stereocenters. The fourth-order valence-corrected chi connectivity index (χ4v) is 3.53. The summed E-state index contributed by atoms with van der Waals surface area (Å²) in [6, 6.07) is 10.0. The first-order valence-electron chi connectivity index (χ1n) is 8.85. The van der Waals surface area contributed by atoms with Crippen LogP contribution in [0.15, 0.2) is 36.4 Å². The maximum Gasteiger partial charge on any atom is 0.252 e. The van der Waals surface area contributed by atoms with Crippen molar-refractivity contribution >= 4 is 22.6 Å². The highest BCUT2D eigenvalue weighted by Gasteiger charge is 2.27. The summed E-state index contributed by atoms with van der Waals surface area (Å²) in [7, 11) is 3.70. The largest absolute Gasteiger partial charge is 0.352 e. The zero-order valence-electron chi connectivity index (χ0n) is 15.1. The van der Waals surface area contributed by atoms with Gasteiger partial charge >= 0.3 is 0 Å². The molecule has 138 valence electrons. The Hall–Kier alpha value is -2.47. The van der Waals surface area contributed by atoms with Gasteiger partial charge in [0.05, 0.1) is 12.1 Å². The lowest BCUT2D eigenvalue weighted by Gasteiger charge is -2.17. The third-order valence-electron chi connectivity index (χ3n) is 4.66. The number of hydrogen-bond acceptors (Lipinski definition) is 3. The van der Waals surface area contributed by atoms with Crippen LogP contribution < -0.4 is 10.6 Å². The minimum atomic E-state index is -0.422. The highest BCUT2D eigenvalue weighted by Crippen LogP contribution is 2.23. The third-order valence-corrected chi connectivity index (χ3v) is 4.66. The first kappa shape index (κ1) is 18.3. The van der Waals surface area contributed by atoms with Crippen LogP contribution in [0.5, 0.6) is 0 Å². The summed E-state index contributed by atoms with van der Waals surface area (Å²) in [6.45, 7) is 0.350. The van der Waals surface area contributed by atoms with Gasteiger partial charge < -0.3 is 15.5 Å². The van der Waals surface area contributed by atoms with Gasteiger partial charge in [0.2, 0.25) is 5.91 Å². The van der Waals surface area contributed by atoms with Crippen molar-refractivity contribution in [2.24, 2.45) is 0 Å². The molecule has 2 N–H and O–H groups in total. The van der Waals surface area contributed by atoms with Crippen LogP contribution in [-0.4, -0.2) is 49.4 Å². The highest BCUT2D eigenvalue weighted by molar-refractivity contribution is 6.07. The Morgan fingerprint density at radius 1 is 1.12 bits per heavy atom. The van der Waals surface area contributed by atoms with Crippen molar-refractivity contribution in [3.8, 4) is 0 Å². The van der Waals surface area contributed by atoms with E-state index >= 15 is 0 Å². The standard InChI is InChI=1S/C20H24FN3O2/c1-24(2)12-19(25)22-15-7-8-16(11-15)23-20(26)18-10-14(21)9-13-5-3-4-6-17(13)18/h3-6,9-10,15-16H,7-8,11-12H2,1-2H3,(H,22,25)(H,23,26)/t15-,16+/m1/s1. The number of rotatable bonds is 5.